The minimum absolute atomic E-state index is 0.0836. The summed E-state index contributed by atoms with van der Waals surface area (Å²) >= 11 is 5.69. The Morgan fingerprint density at radius 1 is 1.27 bits per heavy atom. The molecule has 0 saturated carbocycles. The van der Waals surface area contributed by atoms with Gasteiger partial charge in [0.25, 0.3) is 5.91 Å². The molecule has 2 heterocycles. The van der Waals surface area contributed by atoms with Gasteiger partial charge in [-0.2, -0.15) is 0 Å². The number of hydrogen-bond donors (Lipinski definition) is 0. The van der Waals surface area contributed by atoms with E-state index in [0.29, 0.717) is 13.0 Å². The fourth-order valence-electron chi connectivity index (χ4n) is 2.63. The van der Waals surface area contributed by atoms with Crippen LogP contribution >= 0.6 is 11.6 Å². The molecule has 2 aromatic rings. The lowest BCUT2D eigenvalue weighted by atomic mass is 10.2. The molecule has 1 aromatic carbocycles. The SMILES string of the molecule is CN(C(=O)c1ccc(Cl)o1)C1CCN(c2ccccc2)C1=O. The molecule has 114 valence electrons. The zero-order valence-electron chi connectivity index (χ0n) is 12.0. The van der Waals surface area contributed by atoms with Crippen LogP contribution in [0, 0.1) is 0 Å². The summed E-state index contributed by atoms with van der Waals surface area (Å²) in [5.74, 6) is -0.293. The number of para-hydroxylation sites is 1. The van der Waals surface area contributed by atoms with Gasteiger partial charge in [-0.3, -0.25) is 9.59 Å². The van der Waals surface area contributed by atoms with Crippen LogP contribution in [0.3, 0.4) is 0 Å². The first-order valence-electron chi connectivity index (χ1n) is 6.97. The highest BCUT2D eigenvalue weighted by molar-refractivity contribution is 6.29. The Hall–Kier alpha value is -2.27. The third kappa shape index (κ3) is 2.60. The van der Waals surface area contributed by atoms with Crippen LogP contribution < -0.4 is 4.90 Å². The second-order valence-corrected chi connectivity index (χ2v) is 5.52. The minimum atomic E-state index is -0.489. The van der Waals surface area contributed by atoms with E-state index < -0.39 is 6.04 Å². The Morgan fingerprint density at radius 3 is 2.64 bits per heavy atom. The number of rotatable bonds is 3. The van der Waals surface area contributed by atoms with Crippen LogP contribution in [0.25, 0.3) is 0 Å². The summed E-state index contributed by atoms with van der Waals surface area (Å²) < 4.78 is 5.12. The molecule has 1 aliphatic rings. The Bertz CT molecular complexity index is 698. The summed E-state index contributed by atoms with van der Waals surface area (Å²) in [4.78, 5) is 28.0. The van der Waals surface area contributed by atoms with Gasteiger partial charge in [0.2, 0.25) is 5.91 Å². The van der Waals surface area contributed by atoms with E-state index >= 15 is 0 Å². The first kappa shape index (κ1) is 14.7. The summed E-state index contributed by atoms with van der Waals surface area (Å²) in [5, 5.41) is 0.153. The topological polar surface area (TPSA) is 53.8 Å². The number of nitrogens with zero attached hydrogens (tertiary/aromatic N) is 2. The number of carbonyl (C=O) groups excluding carboxylic acids is 2. The Balaban J connectivity index is 1.76. The molecule has 1 aliphatic heterocycles. The molecule has 1 fully saturated rings. The Morgan fingerprint density at radius 2 is 2.00 bits per heavy atom. The van der Waals surface area contributed by atoms with Crippen LogP contribution in [-0.2, 0) is 4.79 Å². The molecule has 3 rings (SSSR count). The van der Waals surface area contributed by atoms with Gasteiger partial charge in [-0.1, -0.05) is 18.2 Å². The molecule has 0 radical (unpaired) electrons. The van der Waals surface area contributed by atoms with E-state index in [4.69, 9.17) is 16.0 Å². The van der Waals surface area contributed by atoms with Gasteiger partial charge in [0.15, 0.2) is 11.0 Å². The maximum atomic E-state index is 12.6. The van der Waals surface area contributed by atoms with Crippen molar-refractivity contribution in [1.29, 1.82) is 0 Å². The van der Waals surface area contributed by atoms with Crippen LogP contribution in [0.1, 0.15) is 17.0 Å². The second-order valence-electron chi connectivity index (χ2n) is 5.15. The molecule has 0 spiro atoms. The lowest BCUT2D eigenvalue weighted by molar-refractivity contribution is -0.120. The van der Waals surface area contributed by atoms with Gasteiger partial charge in [-0.25, -0.2) is 0 Å². The van der Waals surface area contributed by atoms with E-state index in [9.17, 15) is 9.59 Å². The summed E-state index contributed by atoms with van der Waals surface area (Å²) in [7, 11) is 1.61. The molecule has 0 N–H and O–H groups in total. The molecule has 1 atom stereocenters. The number of hydrogen-bond acceptors (Lipinski definition) is 3. The van der Waals surface area contributed by atoms with Crippen molar-refractivity contribution in [3.8, 4) is 0 Å². The third-order valence-electron chi connectivity index (χ3n) is 3.82. The van der Waals surface area contributed by atoms with Crippen molar-refractivity contribution < 1.29 is 14.0 Å². The summed E-state index contributed by atoms with van der Waals surface area (Å²) in [6, 6.07) is 12.0. The van der Waals surface area contributed by atoms with Crippen molar-refractivity contribution in [3.05, 3.63) is 53.4 Å². The summed E-state index contributed by atoms with van der Waals surface area (Å²) in [5.41, 5.74) is 0.844. The van der Waals surface area contributed by atoms with Crippen molar-refractivity contribution in [2.24, 2.45) is 0 Å². The Labute approximate surface area is 133 Å². The van der Waals surface area contributed by atoms with E-state index in [1.165, 1.54) is 17.0 Å². The monoisotopic (exact) mass is 318 g/mol. The van der Waals surface area contributed by atoms with Crippen LogP contribution in [-0.4, -0.2) is 36.3 Å². The fourth-order valence-corrected chi connectivity index (χ4v) is 2.78. The molecular formula is C16H15ClN2O3. The second kappa shape index (κ2) is 5.85. The van der Waals surface area contributed by atoms with E-state index in [-0.39, 0.29) is 22.8 Å². The lowest BCUT2D eigenvalue weighted by Crippen LogP contribution is -2.42. The quantitative estimate of drug-likeness (QED) is 0.874. The first-order valence-corrected chi connectivity index (χ1v) is 7.34. The van der Waals surface area contributed by atoms with Gasteiger partial charge in [0, 0.05) is 19.3 Å². The van der Waals surface area contributed by atoms with Crippen LogP contribution in [0.5, 0.6) is 0 Å². The van der Waals surface area contributed by atoms with E-state index in [1.807, 2.05) is 30.3 Å². The number of likely N-dealkylation sites (N-methyl/N-ethyl adjacent to an activating group) is 1. The molecular weight excluding hydrogens is 304 g/mol. The molecule has 5 nitrogen and oxygen atoms in total. The summed E-state index contributed by atoms with van der Waals surface area (Å²) in [6.07, 6.45) is 0.588. The van der Waals surface area contributed by atoms with Crippen molar-refractivity contribution in [1.82, 2.24) is 4.90 Å². The smallest absolute Gasteiger partial charge is 0.290 e. The normalized spacial score (nSPS) is 17.8. The van der Waals surface area contributed by atoms with Crippen LogP contribution in [0.4, 0.5) is 5.69 Å². The number of furan rings is 1. The average Bonchev–Trinajstić information content (AvgIpc) is 3.13. The van der Waals surface area contributed by atoms with Gasteiger partial charge in [-0.05, 0) is 42.3 Å². The average molecular weight is 319 g/mol. The predicted molar refractivity (Wildman–Crippen MR) is 83.0 cm³/mol. The van der Waals surface area contributed by atoms with E-state index in [1.54, 1.807) is 11.9 Å². The predicted octanol–water partition coefficient (Wildman–Crippen LogP) is 2.81. The molecule has 0 aliphatic carbocycles. The largest absolute Gasteiger partial charge is 0.440 e. The summed E-state index contributed by atoms with van der Waals surface area (Å²) in [6.45, 7) is 0.587. The number of anilines is 1. The molecule has 1 unspecified atom stereocenters. The molecule has 2 amide bonds. The standard InChI is InChI=1S/C16H15ClN2O3/c1-18(16(21)13-7-8-14(17)22-13)12-9-10-19(15(12)20)11-5-3-2-4-6-11/h2-8,12H,9-10H2,1H3. The van der Waals surface area contributed by atoms with Crippen molar-refractivity contribution >= 4 is 29.1 Å². The number of benzene rings is 1. The number of carbonyl (C=O) groups is 2. The van der Waals surface area contributed by atoms with Gasteiger partial charge in [0.05, 0.1) is 0 Å². The number of amides is 2. The fraction of sp³-hybridized carbons (Fsp3) is 0.250. The third-order valence-corrected chi connectivity index (χ3v) is 4.02. The molecule has 6 heteroatoms. The zero-order chi connectivity index (χ0) is 15.7. The molecule has 22 heavy (non-hydrogen) atoms. The molecule has 1 aromatic heterocycles. The van der Waals surface area contributed by atoms with Gasteiger partial charge < -0.3 is 14.2 Å². The highest BCUT2D eigenvalue weighted by atomic mass is 35.5. The maximum absolute atomic E-state index is 12.6. The van der Waals surface area contributed by atoms with E-state index in [2.05, 4.69) is 0 Å². The molecule has 0 bridgehead atoms. The van der Waals surface area contributed by atoms with E-state index in [0.717, 1.165) is 5.69 Å². The number of halogens is 1. The van der Waals surface area contributed by atoms with Crippen molar-refractivity contribution in [3.63, 3.8) is 0 Å². The van der Waals surface area contributed by atoms with Crippen LogP contribution in [0.15, 0.2) is 46.9 Å². The van der Waals surface area contributed by atoms with Crippen LogP contribution in [0.2, 0.25) is 5.22 Å². The Kier molecular flexibility index (Phi) is 3.90. The van der Waals surface area contributed by atoms with Gasteiger partial charge in [-0.15, -0.1) is 0 Å². The van der Waals surface area contributed by atoms with Crippen molar-refractivity contribution in [2.45, 2.75) is 12.5 Å². The highest BCUT2D eigenvalue weighted by Crippen LogP contribution is 2.25. The van der Waals surface area contributed by atoms with Gasteiger partial charge >= 0.3 is 0 Å². The molecule has 1 saturated heterocycles. The van der Waals surface area contributed by atoms with Crippen molar-refractivity contribution in [2.75, 3.05) is 18.5 Å². The first-order chi connectivity index (χ1) is 10.6. The lowest BCUT2D eigenvalue weighted by Gasteiger charge is -2.23. The zero-order valence-corrected chi connectivity index (χ0v) is 12.8. The highest BCUT2D eigenvalue weighted by Gasteiger charge is 2.37. The minimum Gasteiger partial charge on any atom is -0.440 e. The maximum Gasteiger partial charge on any atom is 0.290 e. The van der Waals surface area contributed by atoms with Gasteiger partial charge in [0.1, 0.15) is 6.04 Å².